The Balaban J connectivity index is 2.74. The summed E-state index contributed by atoms with van der Waals surface area (Å²) in [6.07, 6.45) is 2.37. The summed E-state index contributed by atoms with van der Waals surface area (Å²) in [5.41, 5.74) is 0.313. The van der Waals surface area contributed by atoms with E-state index in [1.165, 1.54) is 19.3 Å². The maximum absolute atomic E-state index is 11.9. The quantitative estimate of drug-likeness (QED) is 0.742. The van der Waals surface area contributed by atoms with Gasteiger partial charge in [-0.1, -0.05) is 18.5 Å². The Bertz CT molecular complexity index is 493. The van der Waals surface area contributed by atoms with Crippen LogP contribution in [-0.2, 0) is 4.79 Å². The van der Waals surface area contributed by atoms with Crippen LogP contribution in [0.3, 0.4) is 0 Å². The molecule has 1 unspecified atom stereocenters. The van der Waals surface area contributed by atoms with Crippen molar-refractivity contribution in [1.29, 1.82) is 0 Å². The second-order valence-corrected chi connectivity index (χ2v) is 4.70. The Morgan fingerprint density at radius 3 is 2.70 bits per heavy atom. The van der Waals surface area contributed by atoms with Gasteiger partial charge in [0.1, 0.15) is 11.9 Å². The Hall–Kier alpha value is -1.82. The van der Waals surface area contributed by atoms with Crippen LogP contribution in [0.15, 0.2) is 12.3 Å². The number of amides is 2. The van der Waals surface area contributed by atoms with E-state index in [2.05, 4.69) is 20.9 Å². The lowest BCUT2D eigenvalue weighted by molar-refractivity contribution is -0.122. The smallest absolute Gasteiger partial charge is 0.253 e. The molecule has 0 aliphatic carbocycles. The highest BCUT2D eigenvalue weighted by molar-refractivity contribution is 6.33. The van der Waals surface area contributed by atoms with Gasteiger partial charge in [-0.05, 0) is 19.4 Å². The van der Waals surface area contributed by atoms with E-state index in [1.807, 2.05) is 6.92 Å². The molecule has 0 saturated carbocycles. The van der Waals surface area contributed by atoms with E-state index in [0.29, 0.717) is 16.4 Å². The lowest BCUT2D eigenvalue weighted by atomic mass is 10.2. The maximum Gasteiger partial charge on any atom is 0.253 e. The molecule has 1 rings (SSSR count). The molecular formula is C13H19ClN4O2. The molecule has 1 heterocycles. The SMILES string of the molecule is CCCNc1ncc(C(=O)NC(C)C(=O)NC)cc1Cl. The molecule has 1 aromatic rings. The van der Waals surface area contributed by atoms with Crippen molar-refractivity contribution in [2.24, 2.45) is 0 Å². The Kier molecular flexibility index (Phi) is 6.24. The zero-order valence-electron chi connectivity index (χ0n) is 11.8. The zero-order chi connectivity index (χ0) is 15.1. The van der Waals surface area contributed by atoms with Gasteiger partial charge in [-0.15, -0.1) is 0 Å². The highest BCUT2D eigenvalue weighted by atomic mass is 35.5. The van der Waals surface area contributed by atoms with Crippen LogP contribution < -0.4 is 16.0 Å². The van der Waals surface area contributed by atoms with Gasteiger partial charge in [0.2, 0.25) is 5.91 Å². The van der Waals surface area contributed by atoms with E-state index in [-0.39, 0.29) is 5.91 Å². The summed E-state index contributed by atoms with van der Waals surface area (Å²) in [5, 5.41) is 8.46. The van der Waals surface area contributed by atoms with Crippen molar-refractivity contribution in [1.82, 2.24) is 15.6 Å². The van der Waals surface area contributed by atoms with Gasteiger partial charge in [0.05, 0.1) is 10.6 Å². The van der Waals surface area contributed by atoms with Crippen molar-refractivity contribution < 1.29 is 9.59 Å². The summed E-state index contributed by atoms with van der Waals surface area (Å²) in [6, 6.07) is 0.905. The number of halogens is 1. The van der Waals surface area contributed by atoms with Crippen LogP contribution >= 0.6 is 11.6 Å². The number of nitrogens with one attached hydrogen (secondary N) is 3. The molecule has 0 aliphatic rings. The van der Waals surface area contributed by atoms with Crippen molar-refractivity contribution in [2.75, 3.05) is 18.9 Å². The first-order valence-corrected chi connectivity index (χ1v) is 6.79. The van der Waals surface area contributed by atoms with Gasteiger partial charge in [-0.25, -0.2) is 4.98 Å². The van der Waals surface area contributed by atoms with Gasteiger partial charge in [-0.2, -0.15) is 0 Å². The van der Waals surface area contributed by atoms with E-state index in [4.69, 9.17) is 11.6 Å². The highest BCUT2D eigenvalue weighted by Crippen LogP contribution is 2.20. The van der Waals surface area contributed by atoms with E-state index in [1.54, 1.807) is 6.92 Å². The highest BCUT2D eigenvalue weighted by Gasteiger charge is 2.16. The average Bonchev–Trinajstić information content (AvgIpc) is 2.44. The first-order valence-electron chi connectivity index (χ1n) is 6.41. The predicted octanol–water partition coefficient (Wildman–Crippen LogP) is 1.42. The number of rotatable bonds is 6. The van der Waals surface area contributed by atoms with E-state index < -0.39 is 11.9 Å². The first kappa shape index (κ1) is 16.2. The molecule has 1 aromatic heterocycles. The van der Waals surface area contributed by atoms with Crippen LogP contribution in [0, 0.1) is 0 Å². The van der Waals surface area contributed by atoms with Crippen LogP contribution in [0.4, 0.5) is 5.82 Å². The standard InChI is InChI=1S/C13H19ClN4O2/c1-4-5-16-11-10(14)6-9(7-17-11)13(20)18-8(2)12(19)15-3/h6-8H,4-5H2,1-3H3,(H,15,19)(H,16,17)(H,18,20). The number of likely N-dealkylation sites (N-methyl/N-ethyl adjacent to an activating group) is 1. The van der Waals surface area contributed by atoms with Crippen LogP contribution in [0.5, 0.6) is 0 Å². The molecule has 20 heavy (non-hydrogen) atoms. The van der Waals surface area contributed by atoms with Crippen molar-refractivity contribution in [3.8, 4) is 0 Å². The number of hydrogen-bond donors (Lipinski definition) is 3. The molecule has 6 nitrogen and oxygen atoms in total. The molecule has 0 bridgehead atoms. The lowest BCUT2D eigenvalue weighted by Gasteiger charge is -2.13. The van der Waals surface area contributed by atoms with Crippen LogP contribution in [0.1, 0.15) is 30.6 Å². The minimum Gasteiger partial charge on any atom is -0.369 e. The molecule has 0 aromatic carbocycles. The summed E-state index contributed by atoms with van der Waals surface area (Å²) in [4.78, 5) is 27.4. The predicted molar refractivity (Wildman–Crippen MR) is 79.0 cm³/mol. The summed E-state index contributed by atoms with van der Waals surface area (Å²) < 4.78 is 0. The number of carbonyl (C=O) groups excluding carboxylic acids is 2. The number of carbonyl (C=O) groups is 2. The van der Waals surface area contributed by atoms with Crippen molar-refractivity contribution in [3.63, 3.8) is 0 Å². The zero-order valence-corrected chi connectivity index (χ0v) is 12.5. The van der Waals surface area contributed by atoms with E-state index in [9.17, 15) is 9.59 Å². The van der Waals surface area contributed by atoms with Crippen LogP contribution in [-0.4, -0.2) is 36.4 Å². The molecule has 0 aliphatic heterocycles. The minimum absolute atomic E-state index is 0.265. The fraction of sp³-hybridized carbons (Fsp3) is 0.462. The Morgan fingerprint density at radius 1 is 1.45 bits per heavy atom. The monoisotopic (exact) mass is 298 g/mol. The number of pyridine rings is 1. The Morgan fingerprint density at radius 2 is 2.15 bits per heavy atom. The van der Waals surface area contributed by atoms with Gasteiger partial charge in [0.15, 0.2) is 0 Å². The van der Waals surface area contributed by atoms with Gasteiger partial charge < -0.3 is 16.0 Å². The molecule has 3 N–H and O–H groups in total. The number of anilines is 1. The van der Waals surface area contributed by atoms with Crippen molar-refractivity contribution in [2.45, 2.75) is 26.3 Å². The number of aromatic nitrogens is 1. The van der Waals surface area contributed by atoms with Gasteiger partial charge in [0.25, 0.3) is 5.91 Å². The van der Waals surface area contributed by atoms with E-state index in [0.717, 1.165) is 13.0 Å². The van der Waals surface area contributed by atoms with Crippen molar-refractivity contribution in [3.05, 3.63) is 22.8 Å². The average molecular weight is 299 g/mol. The molecular weight excluding hydrogens is 280 g/mol. The largest absolute Gasteiger partial charge is 0.369 e. The van der Waals surface area contributed by atoms with Gasteiger partial charge in [0, 0.05) is 19.8 Å². The van der Waals surface area contributed by atoms with Gasteiger partial charge >= 0.3 is 0 Å². The lowest BCUT2D eigenvalue weighted by Crippen LogP contribution is -2.43. The number of hydrogen-bond acceptors (Lipinski definition) is 4. The van der Waals surface area contributed by atoms with Crippen molar-refractivity contribution >= 4 is 29.2 Å². The third kappa shape index (κ3) is 4.38. The maximum atomic E-state index is 11.9. The summed E-state index contributed by atoms with van der Waals surface area (Å²) in [5.74, 6) is -0.111. The first-order chi connectivity index (χ1) is 9.49. The Labute approximate surface area is 123 Å². The normalized spacial score (nSPS) is 11.6. The van der Waals surface area contributed by atoms with Crippen LogP contribution in [0.25, 0.3) is 0 Å². The fourth-order valence-electron chi connectivity index (χ4n) is 1.50. The fourth-order valence-corrected chi connectivity index (χ4v) is 1.73. The molecule has 2 amide bonds. The molecule has 0 spiro atoms. The third-order valence-corrected chi connectivity index (χ3v) is 2.92. The number of nitrogens with zero attached hydrogens (tertiary/aromatic N) is 1. The summed E-state index contributed by atoms with van der Waals surface area (Å²) in [7, 11) is 1.51. The van der Waals surface area contributed by atoms with Crippen LogP contribution in [0.2, 0.25) is 5.02 Å². The molecule has 0 saturated heterocycles. The minimum atomic E-state index is -0.621. The summed E-state index contributed by atoms with van der Waals surface area (Å²) in [6.45, 7) is 4.39. The second-order valence-electron chi connectivity index (χ2n) is 4.29. The topological polar surface area (TPSA) is 83.1 Å². The second kappa shape index (κ2) is 7.69. The van der Waals surface area contributed by atoms with E-state index >= 15 is 0 Å². The molecule has 0 radical (unpaired) electrons. The molecule has 110 valence electrons. The molecule has 0 fully saturated rings. The molecule has 1 atom stereocenters. The summed E-state index contributed by atoms with van der Waals surface area (Å²) >= 11 is 6.05. The van der Waals surface area contributed by atoms with Gasteiger partial charge in [-0.3, -0.25) is 9.59 Å². The molecule has 7 heteroatoms. The third-order valence-electron chi connectivity index (χ3n) is 2.63.